The minimum atomic E-state index is -0.437. The lowest BCUT2D eigenvalue weighted by molar-refractivity contribution is -0.0286. The fourth-order valence-corrected chi connectivity index (χ4v) is 5.58. The standard InChI is InChI=1S/C30H31Cl2N5/c31-16-20-35(21-17-32)27-14-12-26(13-15-27)30-36(28(22-33)24-8-3-1-4-9-24)18-7-19-37(30)29(23-34)25-10-5-2-6-11-25/h1-6,8-15,28-30H,7,16-21H2/t28-,29-/m0/s1. The largest absolute Gasteiger partial charge is 0.369 e. The smallest absolute Gasteiger partial charge is 0.125 e. The van der Waals surface area contributed by atoms with Crippen LogP contribution in [0.5, 0.6) is 0 Å². The Kier molecular flexibility index (Phi) is 9.83. The molecule has 3 aromatic carbocycles. The average Bonchev–Trinajstić information content (AvgIpc) is 2.95. The van der Waals surface area contributed by atoms with Gasteiger partial charge in [0.15, 0.2) is 0 Å². The van der Waals surface area contributed by atoms with Gasteiger partial charge in [-0.1, -0.05) is 72.8 Å². The lowest BCUT2D eigenvalue weighted by Gasteiger charge is -2.47. The van der Waals surface area contributed by atoms with E-state index in [1.165, 1.54) is 0 Å². The molecule has 7 heteroatoms. The van der Waals surface area contributed by atoms with Gasteiger partial charge in [-0.15, -0.1) is 23.2 Å². The molecule has 0 saturated carbocycles. The molecule has 3 aromatic rings. The van der Waals surface area contributed by atoms with E-state index < -0.39 is 12.1 Å². The van der Waals surface area contributed by atoms with Crippen LogP contribution >= 0.6 is 23.2 Å². The number of alkyl halides is 2. The van der Waals surface area contributed by atoms with E-state index in [2.05, 4.69) is 51.1 Å². The summed E-state index contributed by atoms with van der Waals surface area (Å²) in [6.07, 6.45) is 0.621. The van der Waals surface area contributed by atoms with E-state index in [9.17, 15) is 10.5 Å². The molecule has 0 amide bonds. The normalized spacial score (nSPS) is 16.4. The van der Waals surface area contributed by atoms with Crippen LogP contribution in [0.2, 0.25) is 0 Å². The first-order chi connectivity index (χ1) is 18.2. The van der Waals surface area contributed by atoms with Crippen molar-refractivity contribution in [2.75, 3.05) is 42.8 Å². The van der Waals surface area contributed by atoms with Crippen molar-refractivity contribution >= 4 is 28.9 Å². The van der Waals surface area contributed by atoms with Crippen molar-refractivity contribution < 1.29 is 0 Å². The van der Waals surface area contributed by atoms with Gasteiger partial charge in [-0.2, -0.15) is 10.5 Å². The fraction of sp³-hybridized carbons (Fsp3) is 0.333. The van der Waals surface area contributed by atoms with E-state index in [-0.39, 0.29) is 6.17 Å². The summed E-state index contributed by atoms with van der Waals surface area (Å²) in [5, 5.41) is 20.6. The number of nitrogens with zero attached hydrogens (tertiary/aromatic N) is 5. The highest BCUT2D eigenvalue weighted by Gasteiger charge is 2.39. The molecule has 190 valence electrons. The Morgan fingerprint density at radius 1 is 0.730 bits per heavy atom. The minimum absolute atomic E-state index is 0.244. The summed E-state index contributed by atoms with van der Waals surface area (Å²) < 4.78 is 0. The van der Waals surface area contributed by atoms with Crippen LogP contribution < -0.4 is 4.90 Å². The molecule has 0 unspecified atom stereocenters. The molecule has 1 aliphatic rings. The van der Waals surface area contributed by atoms with Crippen molar-refractivity contribution in [3.05, 3.63) is 102 Å². The summed E-state index contributed by atoms with van der Waals surface area (Å²) in [6, 6.07) is 32.4. The van der Waals surface area contributed by atoms with Crippen LogP contribution in [0.4, 0.5) is 5.69 Å². The van der Waals surface area contributed by atoms with Crippen LogP contribution in [0, 0.1) is 22.7 Å². The second-order valence-electron chi connectivity index (χ2n) is 9.04. The molecule has 2 atom stereocenters. The van der Waals surface area contributed by atoms with Gasteiger partial charge in [0.05, 0.1) is 18.3 Å². The third-order valence-electron chi connectivity index (χ3n) is 6.86. The van der Waals surface area contributed by atoms with Crippen LogP contribution in [0.25, 0.3) is 0 Å². The van der Waals surface area contributed by atoms with Crippen LogP contribution in [-0.2, 0) is 0 Å². The van der Waals surface area contributed by atoms with Gasteiger partial charge in [0.25, 0.3) is 0 Å². The molecule has 5 nitrogen and oxygen atoms in total. The van der Waals surface area contributed by atoms with E-state index in [4.69, 9.17) is 23.2 Å². The first kappa shape index (κ1) is 27.0. The zero-order valence-electron chi connectivity index (χ0n) is 20.8. The Hall–Kier alpha value is -3.06. The Morgan fingerprint density at radius 3 is 1.59 bits per heavy atom. The summed E-state index contributed by atoms with van der Waals surface area (Å²) in [5.41, 5.74) is 4.01. The summed E-state index contributed by atoms with van der Waals surface area (Å²) in [5.74, 6) is 1.04. The van der Waals surface area contributed by atoms with Crippen LogP contribution in [-0.4, -0.2) is 47.7 Å². The molecule has 0 aliphatic carbocycles. The van der Waals surface area contributed by atoms with Gasteiger partial charge in [-0.3, -0.25) is 9.80 Å². The van der Waals surface area contributed by atoms with Gasteiger partial charge in [0.2, 0.25) is 0 Å². The molecule has 4 rings (SSSR count). The molecule has 0 spiro atoms. The molecule has 0 N–H and O–H groups in total. The highest BCUT2D eigenvalue weighted by atomic mass is 35.5. The molecular weight excluding hydrogens is 501 g/mol. The SMILES string of the molecule is N#C[C@@H](c1ccccc1)N1CCCN([C@@H](C#N)c2ccccc2)C1c1ccc(N(CCCl)CCCl)cc1. The number of benzene rings is 3. The fourth-order valence-electron chi connectivity index (χ4n) is 5.18. The molecular formula is C30H31Cl2N5. The third kappa shape index (κ3) is 6.27. The first-order valence-corrected chi connectivity index (χ1v) is 13.7. The number of halogens is 2. The zero-order chi connectivity index (χ0) is 26.0. The predicted molar refractivity (Wildman–Crippen MR) is 150 cm³/mol. The second-order valence-corrected chi connectivity index (χ2v) is 9.80. The lowest BCUT2D eigenvalue weighted by Crippen LogP contribution is -2.49. The number of rotatable bonds is 10. The molecule has 1 aliphatic heterocycles. The first-order valence-electron chi connectivity index (χ1n) is 12.6. The van der Waals surface area contributed by atoms with Crippen LogP contribution in [0.15, 0.2) is 84.9 Å². The highest BCUT2D eigenvalue weighted by Crippen LogP contribution is 2.41. The molecule has 1 fully saturated rings. The molecule has 0 aromatic heterocycles. The van der Waals surface area contributed by atoms with Gasteiger partial charge < -0.3 is 4.90 Å². The zero-order valence-corrected chi connectivity index (χ0v) is 22.3. The van der Waals surface area contributed by atoms with E-state index in [1.807, 2.05) is 60.7 Å². The summed E-state index contributed by atoms with van der Waals surface area (Å²) in [6.45, 7) is 2.94. The van der Waals surface area contributed by atoms with Gasteiger partial charge in [0, 0.05) is 43.6 Å². The number of anilines is 1. The Bertz CT molecular complexity index is 1120. The summed E-state index contributed by atoms with van der Waals surface area (Å²) in [7, 11) is 0. The molecule has 1 saturated heterocycles. The Morgan fingerprint density at radius 2 is 1.19 bits per heavy atom. The van der Waals surface area contributed by atoms with Crippen LogP contribution in [0.1, 0.15) is 41.4 Å². The molecule has 0 bridgehead atoms. The number of hydrogen-bond donors (Lipinski definition) is 0. The van der Waals surface area contributed by atoms with Gasteiger partial charge >= 0.3 is 0 Å². The van der Waals surface area contributed by atoms with E-state index in [0.29, 0.717) is 24.8 Å². The van der Waals surface area contributed by atoms with Gasteiger partial charge in [0.1, 0.15) is 12.1 Å². The topological polar surface area (TPSA) is 57.3 Å². The predicted octanol–water partition coefficient (Wildman–Crippen LogP) is 6.51. The lowest BCUT2D eigenvalue weighted by atomic mass is 9.97. The minimum Gasteiger partial charge on any atom is -0.369 e. The van der Waals surface area contributed by atoms with Crippen LogP contribution in [0.3, 0.4) is 0 Å². The Balaban J connectivity index is 1.77. The van der Waals surface area contributed by atoms with Crippen molar-refractivity contribution in [3.63, 3.8) is 0 Å². The molecule has 0 radical (unpaired) electrons. The summed E-state index contributed by atoms with van der Waals surface area (Å²) in [4.78, 5) is 6.64. The average molecular weight is 533 g/mol. The van der Waals surface area contributed by atoms with E-state index >= 15 is 0 Å². The quantitative estimate of drug-likeness (QED) is 0.279. The second kappa shape index (κ2) is 13.5. The summed E-state index contributed by atoms with van der Waals surface area (Å²) >= 11 is 12.1. The number of hydrogen-bond acceptors (Lipinski definition) is 5. The van der Waals surface area contributed by atoms with Crippen molar-refractivity contribution in [2.45, 2.75) is 24.7 Å². The van der Waals surface area contributed by atoms with Gasteiger partial charge in [-0.25, -0.2) is 0 Å². The van der Waals surface area contributed by atoms with Crippen molar-refractivity contribution in [3.8, 4) is 12.1 Å². The van der Waals surface area contributed by atoms with E-state index in [0.717, 1.165) is 41.9 Å². The van der Waals surface area contributed by atoms with Crippen molar-refractivity contribution in [1.29, 1.82) is 10.5 Å². The third-order valence-corrected chi connectivity index (χ3v) is 7.20. The maximum atomic E-state index is 10.3. The number of nitriles is 2. The maximum absolute atomic E-state index is 10.3. The molecule has 1 heterocycles. The van der Waals surface area contributed by atoms with E-state index in [1.54, 1.807) is 0 Å². The van der Waals surface area contributed by atoms with Gasteiger partial charge in [-0.05, 0) is 35.2 Å². The Labute approximate surface area is 230 Å². The maximum Gasteiger partial charge on any atom is 0.125 e. The molecule has 37 heavy (non-hydrogen) atoms. The highest BCUT2D eigenvalue weighted by molar-refractivity contribution is 6.18. The monoisotopic (exact) mass is 531 g/mol. The van der Waals surface area contributed by atoms with Crippen molar-refractivity contribution in [1.82, 2.24) is 9.80 Å². The van der Waals surface area contributed by atoms with Crippen molar-refractivity contribution in [2.24, 2.45) is 0 Å².